The highest BCUT2D eigenvalue weighted by molar-refractivity contribution is 8.00. The maximum atomic E-state index is 6.03. The molecule has 1 unspecified atom stereocenters. The first-order valence-corrected chi connectivity index (χ1v) is 7.77. The van der Waals surface area contributed by atoms with Gasteiger partial charge in [0.25, 0.3) is 0 Å². The molecule has 0 saturated heterocycles. The Labute approximate surface area is 122 Å². The predicted octanol–water partition coefficient (Wildman–Crippen LogP) is 3.94. The summed E-state index contributed by atoms with van der Waals surface area (Å²) in [5.41, 5.74) is 9.61. The third-order valence-corrected chi connectivity index (χ3v) is 5.26. The van der Waals surface area contributed by atoms with Gasteiger partial charge in [0.15, 0.2) is 0 Å². The fourth-order valence-corrected chi connectivity index (χ4v) is 4.30. The molecule has 2 aromatic carbocycles. The summed E-state index contributed by atoms with van der Waals surface area (Å²) in [7, 11) is 0. The van der Waals surface area contributed by atoms with Crippen LogP contribution < -0.4 is 5.73 Å². The van der Waals surface area contributed by atoms with Crippen LogP contribution >= 0.6 is 11.8 Å². The summed E-state index contributed by atoms with van der Waals surface area (Å²) in [6.45, 7) is 1.03. The lowest BCUT2D eigenvalue weighted by Gasteiger charge is -2.11. The molecule has 0 fully saturated rings. The number of aromatic nitrogens is 1. The van der Waals surface area contributed by atoms with Crippen LogP contribution in [0, 0.1) is 0 Å². The van der Waals surface area contributed by atoms with Crippen molar-refractivity contribution in [2.75, 3.05) is 5.73 Å². The third-order valence-electron chi connectivity index (χ3n) is 3.96. The zero-order chi connectivity index (χ0) is 13.5. The highest BCUT2D eigenvalue weighted by Gasteiger charge is 2.22. The van der Waals surface area contributed by atoms with Crippen molar-refractivity contribution in [1.29, 1.82) is 0 Å². The van der Waals surface area contributed by atoms with Crippen LogP contribution in [0.1, 0.15) is 5.56 Å². The van der Waals surface area contributed by atoms with Crippen LogP contribution in [-0.2, 0) is 13.0 Å². The zero-order valence-electron chi connectivity index (χ0n) is 11.1. The number of fused-ring (bicyclic) bond motifs is 2. The van der Waals surface area contributed by atoms with Gasteiger partial charge >= 0.3 is 0 Å². The molecule has 0 bridgehead atoms. The number of nitrogens with two attached hydrogens (primary N) is 1. The molecule has 0 radical (unpaired) electrons. The summed E-state index contributed by atoms with van der Waals surface area (Å²) < 4.78 is 2.33. The van der Waals surface area contributed by atoms with Crippen molar-refractivity contribution in [2.24, 2.45) is 0 Å². The molecule has 4 rings (SSSR count). The summed E-state index contributed by atoms with van der Waals surface area (Å²) in [5.74, 6) is 0. The monoisotopic (exact) mass is 280 g/mol. The van der Waals surface area contributed by atoms with E-state index in [-0.39, 0.29) is 0 Å². The molecule has 0 amide bonds. The summed E-state index contributed by atoms with van der Waals surface area (Å²) in [5, 5.41) is 1.78. The van der Waals surface area contributed by atoms with Gasteiger partial charge < -0.3 is 10.3 Å². The average molecular weight is 280 g/mol. The van der Waals surface area contributed by atoms with E-state index in [1.54, 1.807) is 0 Å². The SMILES string of the molecule is Nc1cccc2c1ccn2CC1Cc2ccccc2S1. The molecule has 1 atom stereocenters. The maximum Gasteiger partial charge on any atom is 0.0501 e. The molecule has 1 aliphatic heterocycles. The van der Waals surface area contributed by atoms with Crippen molar-refractivity contribution in [2.45, 2.75) is 23.1 Å². The molecular formula is C17H16N2S. The minimum atomic E-state index is 0.615. The van der Waals surface area contributed by atoms with Gasteiger partial charge in [0.05, 0.1) is 5.52 Å². The molecule has 2 nitrogen and oxygen atoms in total. The van der Waals surface area contributed by atoms with Crippen LogP contribution in [0.3, 0.4) is 0 Å². The van der Waals surface area contributed by atoms with Crippen molar-refractivity contribution < 1.29 is 0 Å². The second-order valence-electron chi connectivity index (χ2n) is 5.30. The number of nitrogen functional groups attached to an aromatic ring is 1. The lowest BCUT2D eigenvalue weighted by molar-refractivity contribution is 0.685. The quantitative estimate of drug-likeness (QED) is 0.721. The molecule has 100 valence electrons. The minimum absolute atomic E-state index is 0.615. The van der Waals surface area contributed by atoms with E-state index in [2.05, 4.69) is 47.2 Å². The van der Waals surface area contributed by atoms with Crippen molar-refractivity contribution in [3.05, 3.63) is 60.3 Å². The Bertz CT molecular complexity index is 751. The van der Waals surface area contributed by atoms with Gasteiger partial charge in [-0.25, -0.2) is 0 Å². The van der Waals surface area contributed by atoms with E-state index < -0.39 is 0 Å². The largest absolute Gasteiger partial charge is 0.398 e. The standard InChI is InChI=1S/C17H16N2S/c18-15-5-3-6-16-14(15)8-9-19(16)11-13-10-12-4-1-2-7-17(12)20-13/h1-9,13H,10-11,18H2. The fraction of sp³-hybridized carbons (Fsp3) is 0.176. The highest BCUT2D eigenvalue weighted by Crippen LogP contribution is 2.38. The molecule has 2 heterocycles. The molecule has 1 aliphatic rings. The molecular weight excluding hydrogens is 264 g/mol. The average Bonchev–Trinajstić information content (AvgIpc) is 3.04. The minimum Gasteiger partial charge on any atom is -0.398 e. The number of hydrogen-bond acceptors (Lipinski definition) is 2. The fourth-order valence-electron chi connectivity index (χ4n) is 2.98. The van der Waals surface area contributed by atoms with E-state index in [9.17, 15) is 0 Å². The Morgan fingerprint density at radius 2 is 2.00 bits per heavy atom. The molecule has 0 spiro atoms. The predicted molar refractivity (Wildman–Crippen MR) is 86.1 cm³/mol. The first kappa shape index (κ1) is 11.9. The zero-order valence-corrected chi connectivity index (χ0v) is 11.9. The maximum absolute atomic E-state index is 6.03. The Morgan fingerprint density at radius 1 is 1.10 bits per heavy atom. The van der Waals surface area contributed by atoms with Gasteiger partial charge in [-0.1, -0.05) is 24.3 Å². The van der Waals surface area contributed by atoms with E-state index in [4.69, 9.17) is 5.73 Å². The van der Waals surface area contributed by atoms with Crippen LogP contribution in [0.5, 0.6) is 0 Å². The van der Waals surface area contributed by atoms with E-state index in [0.717, 1.165) is 24.0 Å². The highest BCUT2D eigenvalue weighted by atomic mass is 32.2. The van der Waals surface area contributed by atoms with E-state index in [1.165, 1.54) is 16.0 Å². The summed E-state index contributed by atoms with van der Waals surface area (Å²) in [6, 6.07) is 17.0. The van der Waals surface area contributed by atoms with Gasteiger partial charge in [-0.05, 0) is 36.2 Å². The normalized spacial score (nSPS) is 17.5. The van der Waals surface area contributed by atoms with Crippen LogP contribution in [0.25, 0.3) is 10.9 Å². The molecule has 2 N–H and O–H groups in total. The lowest BCUT2D eigenvalue weighted by atomic mass is 10.1. The first-order valence-electron chi connectivity index (χ1n) is 6.89. The second-order valence-corrected chi connectivity index (χ2v) is 6.64. The Morgan fingerprint density at radius 3 is 2.90 bits per heavy atom. The van der Waals surface area contributed by atoms with Gasteiger partial charge in [0, 0.05) is 34.0 Å². The molecule has 3 heteroatoms. The third kappa shape index (κ3) is 1.90. The van der Waals surface area contributed by atoms with Gasteiger partial charge in [0.2, 0.25) is 0 Å². The number of benzene rings is 2. The van der Waals surface area contributed by atoms with Gasteiger partial charge in [-0.2, -0.15) is 0 Å². The molecule has 0 aliphatic carbocycles. The molecule has 1 aromatic heterocycles. The van der Waals surface area contributed by atoms with Crippen LogP contribution in [0.4, 0.5) is 5.69 Å². The summed E-state index contributed by atoms with van der Waals surface area (Å²) in [6.07, 6.45) is 3.31. The topological polar surface area (TPSA) is 30.9 Å². The smallest absolute Gasteiger partial charge is 0.0501 e. The first-order chi connectivity index (χ1) is 9.81. The molecule has 3 aromatic rings. The number of hydrogen-bond donors (Lipinski definition) is 1. The van der Waals surface area contributed by atoms with E-state index >= 15 is 0 Å². The van der Waals surface area contributed by atoms with Gasteiger partial charge in [-0.15, -0.1) is 11.8 Å². The van der Waals surface area contributed by atoms with Crippen LogP contribution in [0.2, 0.25) is 0 Å². The van der Waals surface area contributed by atoms with E-state index in [0.29, 0.717) is 5.25 Å². The second kappa shape index (κ2) is 4.60. The van der Waals surface area contributed by atoms with Gasteiger partial charge in [-0.3, -0.25) is 0 Å². The summed E-state index contributed by atoms with van der Waals surface area (Å²) >= 11 is 2.00. The Kier molecular flexibility index (Phi) is 2.74. The number of thioether (sulfide) groups is 1. The number of rotatable bonds is 2. The van der Waals surface area contributed by atoms with Crippen molar-refractivity contribution >= 4 is 28.4 Å². The number of anilines is 1. The van der Waals surface area contributed by atoms with Gasteiger partial charge in [0.1, 0.15) is 0 Å². The van der Waals surface area contributed by atoms with Crippen LogP contribution in [-0.4, -0.2) is 9.82 Å². The van der Waals surface area contributed by atoms with Crippen molar-refractivity contribution in [1.82, 2.24) is 4.57 Å². The Hall–Kier alpha value is -1.87. The van der Waals surface area contributed by atoms with Crippen molar-refractivity contribution in [3.8, 4) is 0 Å². The van der Waals surface area contributed by atoms with E-state index in [1.807, 2.05) is 23.9 Å². The molecule has 0 saturated carbocycles. The van der Waals surface area contributed by atoms with Crippen molar-refractivity contribution in [3.63, 3.8) is 0 Å². The number of nitrogens with zero attached hydrogens (tertiary/aromatic N) is 1. The molecule has 20 heavy (non-hydrogen) atoms. The Balaban J connectivity index is 1.62. The summed E-state index contributed by atoms with van der Waals surface area (Å²) in [4.78, 5) is 1.44. The lowest BCUT2D eigenvalue weighted by Crippen LogP contribution is -2.11. The van der Waals surface area contributed by atoms with Crippen LogP contribution in [0.15, 0.2) is 59.6 Å².